The van der Waals surface area contributed by atoms with Crippen LogP contribution in [-0.4, -0.2) is 42.6 Å². The molecule has 1 aromatic rings. The summed E-state index contributed by atoms with van der Waals surface area (Å²) in [4.78, 5) is 7.13. The third-order valence-electron chi connectivity index (χ3n) is 5.33. The summed E-state index contributed by atoms with van der Waals surface area (Å²) in [6, 6.07) is 7.57. The van der Waals surface area contributed by atoms with Crippen molar-refractivity contribution in [3.8, 4) is 6.07 Å². The maximum absolute atomic E-state index is 13.9. The minimum atomic E-state index is -0.322. The van der Waals surface area contributed by atoms with Crippen molar-refractivity contribution in [2.75, 3.05) is 19.6 Å². The van der Waals surface area contributed by atoms with Crippen LogP contribution in [-0.2, 0) is 6.54 Å². The third kappa shape index (κ3) is 6.04. The van der Waals surface area contributed by atoms with Crippen molar-refractivity contribution < 1.29 is 4.39 Å². The van der Waals surface area contributed by atoms with Crippen LogP contribution in [0.1, 0.15) is 50.2 Å². The topological polar surface area (TPSA) is 63.5 Å². The number of aliphatic imine (C=N–C) groups is 1. The molecule has 27 heavy (non-hydrogen) atoms. The van der Waals surface area contributed by atoms with Gasteiger partial charge in [0.1, 0.15) is 5.82 Å². The molecule has 0 aromatic heterocycles. The second-order valence-electron chi connectivity index (χ2n) is 7.18. The maximum Gasteiger partial charge on any atom is 0.191 e. The predicted octanol–water partition coefficient (Wildman–Crippen LogP) is 3.39. The van der Waals surface area contributed by atoms with Gasteiger partial charge in [-0.05, 0) is 44.4 Å². The molecule has 1 unspecified atom stereocenters. The number of nitrogens with zero attached hydrogens (tertiary/aromatic N) is 3. The molecule has 1 aromatic carbocycles. The SMILES string of the molecule is CCNC(=NCc1cc(C#N)ccc1F)NC1CCN(C2CCCC2)C1.I. The van der Waals surface area contributed by atoms with Gasteiger partial charge in [-0.25, -0.2) is 9.38 Å². The molecule has 2 N–H and O–H groups in total. The van der Waals surface area contributed by atoms with E-state index in [9.17, 15) is 4.39 Å². The summed E-state index contributed by atoms with van der Waals surface area (Å²) in [7, 11) is 0. The number of hydrogen-bond donors (Lipinski definition) is 2. The molecular formula is C20H29FIN5. The second-order valence-corrected chi connectivity index (χ2v) is 7.18. The standard InChI is InChI=1S/C20H28FN5.HI/c1-2-23-20(24-13-16-11-15(12-22)7-8-19(16)21)25-17-9-10-26(14-17)18-5-3-4-6-18;/h7-8,11,17-18H,2-6,9-10,13-14H2,1H3,(H2,23,24,25);1H. The number of guanidine groups is 1. The molecule has 1 aliphatic carbocycles. The Hall–Kier alpha value is -1.40. The van der Waals surface area contributed by atoms with E-state index in [0.29, 0.717) is 23.1 Å². The first kappa shape index (κ1) is 21.9. The molecule has 0 spiro atoms. The van der Waals surface area contributed by atoms with E-state index in [2.05, 4.69) is 20.5 Å². The number of rotatable bonds is 5. The van der Waals surface area contributed by atoms with E-state index in [1.807, 2.05) is 13.0 Å². The zero-order valence-electron chi connectivity index (χ0n) is 15.9. The van der Waals surface area contributed by atoms with Crippen molar-refractivity contribution >= 4 is 29.9 Å². The Morgan fingerprint density at radius 3 is 2.81 bits per heavy atom. The summed E-state index contributed by atoms with van der Waals surface area (Å²) >= 11 is 0. The number of likely N-dealkylation sites (tertiary alicyclic amines) is 1. The largest absolute Gasteiger partial charge is 0.357 e. The van der Waals surface area contributed by atoms with Gasteiger partial charge in [0, 0.05) is 37.3 Å². The molecule has 0 bridgehead atoms. The quantitative estimate of drug-likeness (QED) is 0.382. The summed E-state index contributed by atoms with van der Waals surface area (Å²) in [5, 5.41) is 15.7. The molecule has 1 atom stereocenters. The zero-order chi connectivity index (χ0) is 18.4. The van der Waals surface area contributed by atoms with E-state index in [4.69, 9.17) is 5.26 Å². The summed E-state index contributed by atoms with van der Waals surface area (Å²) in [5.41, 5.74) is 0.901. The smallest absolute Gasteiger partial charge is 0.191 e. The Balaban J connectivity index is 0.00000261. The summed E-state index contributed by atoms with van der Waals surface area (Å²) in [6.45, 7) is 5.18. The zero-order valence-corrected chi connectivity index (χ0v) is 18.2. The Morgan fingerprint density at radius 1 is 1.33 bits per heavy atom. The lowest BCUT2D eigenvalue weighted by atomic mass is 10.1. The van der Waals surface area contributed by atoms with Crippen molar-refractivity contribution in [3.05, 3.63) is 35.1 Å². The second kappa shape index (κ2) is 10.8. The van der Waals surface area contributed by atoms with Crippen LogP contribution in [0.4, 0.5) is 4.39 Å². The van der Waals surface area contributed by atoms with Crippen LogP contribution in [0.5, 0.6) is 0 Å². The number of nitriles is 1. The van der Waals surface area contributed by atoms with Gasteiger partial charge in [0.2, 0.25) is 0 Å². The molecule has 1 heterocycles. The summed E-state index contributed by atoms with van der Waals surface area (Å²) in [5.74, 6) is 0.393. The Morgan fingerprint density at radius 2 is 2.11 bits per heavy atom. The number of nitrogens with one attached hydrogen (secondary N) is 2. The number of hydrogen-bond acceptors (Lipinski definition) is 3. The molecule has 5 nitrogen and oxygen atoms in total. The molecule has 1 saturated carbocycles. The lowest BCUT2D eigenvalue weighted by molar-refractivity contribution is 0.242. The Bertz CT molecular complexity index is 681. The fraction of sp³-hybridized carbons (Fsp3) is 0.600. The minimum Gasteiger partial charge on any atom is -0.357 e. The first-order valence-corrected chi connectivity index (χ1v) is 9.67. The fourth-order valence-corrected chi connectivity index (χ4v) is 3.95. The normalized spacial score (nSPS) is 20.9. The van der Waals surface area contributed by atoms with E-state index >= 15 is 0 Å². The molecule has 148 valence electrons. The Labute approximate surface area is 178 Å². The molecular weight excluding hydrogens is 456 g/mol. The van der Waals surface area contributed by atoms with Crippen LogP contribution in [0.2, 0.25) is 0 Å². The molecule has 0 amide bonds. The van der Waals surface area contributed by atoms with Crippen molar-refractivity contribution in [1.29, 1.82) is 5.26 Å². The molecule has 0 radical (unpaired) electrons. The monoisotopic (exact) mass is 485 g/mol. The van der Waals surface area contributed by atoms with Gasteiger partial charge in [-0.2, -0.15) is 5.26 Å². The maximum atomic E-state index is 13.9. The Kier molecular flexibility index (Phi) is 8.77. The van der Waals surface area contributed by atoms with Crippen molar-refractivity contribution in [2.24, 2.45) is 4.99 Å². The van der Waals surface area contributed by atoms with Gasteiger partial charge >= 0.3 is 0 Å². The minimum absolute atomic E-state index is 0. The highest BCUT2D eigenvalue weighted by atomic mass is 127. The third-order valence-corrected chi connectivity index (χ3v) is 5.33. The molecule has 3 rings (SSSR count). The first-order chi connectivity index (χ1) is 12.7. The van der Waals surface area contributed by atoms with E-state index < -0.39 is 0 Å². The average Bonchev–Trinajstić information content (AvgIpc) is 3.32. The van der Waals surface area contributed by atoms with E-state index in [-0.39, 0.29) is 36.3 Å². The van der Waals surface area contributed by atoms with Gasteiger partial charge in [-0.1, -0.05) is 12.8 Å². The lowest BCUT2D eigenvalue weighted by Crippen LogP contribution is -2.45. The van der Waals surface area contributed by atoms with Crippen LogP contribution < -0.4 is 10.6 Å². The van der Waals surface area contributed by atoms with Gasteiger partial charge in [-0.15, -0.1) is 24.0 Å². The van der Waals surface area contributed by atoms with E-state index in [1.54, 1.807) is 6.07 Å². The van der Waals surface area contributed by atoms with E-state index in [1.165, 1.54) is 37.8 Å². The predicted molar refractivity (Wildman–Crippen MR) is 117 cm³/mol. The molecule has 1 saturated heterocycles. The fourth-order valence-electron chi connectivity index (χ4n) is 3.95. The van der Waals surface area contributed by atoms with Crippen LogP contribution in [0.25, 0.3) is 0 Å². The van der Waals surface area contributed by atoms with Gasteiger partial charge in [0.15, 0.2) is 5.96 Å². The average molecular weight is 485 g/mol. The highest BCUT2D eigenvalue weighted by molar-refractivity contribution is 14.0. The highest BCUT2D eigenvalue weighted by Crippen LogP contribution is 2.26. The van der Waals surface area contributed by atoms with Crippen molar-refractivity contribution in [2.45, 2.75) is 57.7 Å². The van der Waals surface area contributed by atoms with Gasteiger partial charge in [0.05, 0.1) is 18.2 Å². The number of benzene rings is 1. The van der Waals surface area contributed by atoms with E-state index in [0.717, 1.165) is 32.1 Å². The first-order valence-electron chi connectivity index (χ1n) is 9.67. The van der Waals surface area contributed by atoms with Crippen LogP contribution >= 0.6 is 24.0 Å². The van der Waals surface area contributed by atoms with Crippen LogP contribution in [0.15, 0.2) is 23.2 Å². The highest BCUT2D eigenvalue weighted by Gasteiger charge is 2.30. The molecule has 7 heteroatoms. The molecule has 2 fully saturated rings. The number of halogens is 2. The van der Waals surface area contributed by atoms with Gasteiger partial charge < -0.3 is 10.6 Å². The van der Waals surface area contributed by atoms with Crippen molar-refractivity contribution in [1.82, 2.24) is 15.5 Å². The van der Waals surface area contributed by atoms with Gasteiger partial charge in [0.25, 0.3) is 0 Å². The van der Waals surface area contributed by atoms with Gasteiger partial charge in [-0.3, -0.25) is 4.90 Å². The van der Waals surface area contributed by atoms with Crippen LogP contribution in [0, 0.1) is 17.1 Å². The molecule has 1 aliphatic heterocycles. The van der Waals surface area contributed by atoms with Crippen molar-refractivity contribution in [3.63, 3.8) is 0 Å². The van der Waals surface area contributed by atoms with Crippen LogP contribution in [0.3, 0.4) is 0 Å². The summed E-state index contributed by atoms with van der Waals surface area (Å²) in [6.07, 6.45) is 6.48. The molecule has 2 aliphatic rings. The lowest BCUT2D eigenvalue weighted by Gasteiger charge is -2.24. The summed E-state index contributed by atoms with van der Waals surface area (Å²) < 4.78 is 13.9.